The summed E-state index contributed by atoms with van der Waals surface area (Å²) in [5.41, 5.74) is 4.02. The first-order chi connectivity index (χ1) is 15.4. The number of carbonyl (C=O) groups excluding carboxylic acids is 1. The molecular weight excluding hydrogens is 510 g/mol. The number of hydrazone groups is 1. The lowest BCUT2D eigenvalue weighted by Crippen LogP contribution is -2.39. The molecule has 3 aromatic rings. The lowest BCUT2D eigenvalue weighted by atomic mass is 10.2. The molecule has 0 bridgehead atoms. The number of rotatable bonds is 9. The summed E-state index contributed by atoms with van der Waals surface area (Å²) in [6.45, 7) is -0.303. The Bertz CT molecular complexity index is 1170. The van der Waals surface area contributed by atoms with Gasteiger partial charge in [0.15, 0.2) is 0 Å². The molecule has 32 heavy (non-hydrogen) atoms. The first kappa shape index (κ1) is 24.2. The van der Waals surface area contributed by atoms with E-state index < -0.39 is 15.9 Å². The summed E-state index contributed by atoms with van der Waals surface area (Å²) in [5, 5.41) is 3.96. The number of amides is 1. The molecule has 0 radical (unpaired) electrons. The highest BCUT2D eigenvalue weighted by Gasteiger charge is 2.26. The Morgan fingerprint density at radius 1 is 1.03 bits per heavy atom. The molecule has 0 saturated carbocycles. The van der Waals surface area contributed by atoms with Gasteiger partial charge < -0.3 is 0 Å². The molecule has 0 fully saturated rings. The molecule has 0 heterocycles. The molecule has 0 unspecified atom stereocenters. The van der Waals surface area contributed by atoms with Crippen LogP contribution in [0.15, 0.2) is 98.2 Å². The number of hydrogen-bond acceptors (Lipinski definition) is 5. The third kappa shape index (κ3) is 6.77. The average molecular weight is 532 g/mol. The molecular formula is C23H22BrN3O3S2. The number of halogens is 1. The molecule has 3 rings (SSSR count). The maximum atomic E-state index is 13.2. The molecule has 3 aromatic carbocycles. The second-order valence-electron chi connectivity index (χ2n) is 6.78. The van der Waals surface area contributed by atoms with E-state index in [1.165, 1.54) is 18.3 Å². The minimum absolute atomic E-state index is 0.0620. The smallest absolute Gasteiger partial charge is 0.255 e. The van der Waals surface area contributed by atoms with Crippen molar-refractivity contribution in [3.05, 3.63) is 94.5 Å². The zero-order valence-electron chi connectivity index (χ0n) is 17.3. The van der Waals surface area contributed by atoms with Crippen molar-refractivity contribution in [3.63, 3.8) is 0 Å². The lowest BCUT2D eigenvalue weighted by Gasteiger charge is -2.21. The minimum atomic E-state index is -3.90. The van der Waals surface area contributed by atoms with Crippen molar-refractivity contribution in [2.45, 2.75) is 16.3 Å². The fraction of sp³-hybridized carbons (Fsp3) is 0.130. The monoisotopic (exact) mass is 531 g/mol. The summed E-state index contributed by atoms with van der Waals surface area (Å²) >= 11 is 4.94. The van der Waals surface area contributed by atoms with Gasteiger partial charge in [-0.2, -0.15) is 9.41 Å². The molecule has 0 spiro atoms. The fourth-order valence-electron chi connectivity index (χ4n) is 2.83. The van der Waals surface area contributed by atoms with E-state index in [2.05, 4.69) is 26.5 Å². The zero-order chi connectivity index (χ0) is 23.0. The SMILES string of the molecule is CSc1ccc(/C=N\NC(=O)CN(Cc2ccccc2)S(=O)(=O)c2ccc(Br)cc2)cc1. The highest BCUT2D eigenvalue weighted by molar-refractivity contribution is 9.10. The van der Waals surface area contributed by atoms with Crippen molar-refractivity contribution in [1.29, 1.82) is 0 Å². The molecule has 0 aliphatic rings. The van der Waals surface area contributed by atoms with E-state index in [1.54, 1.807) is 23.9 Å². The number of benzene rings is 3. The third-order valence-electron chi connectivity index (χ3n) is 4.49. The van der Waals surface area contributed by atoms with Crippen molar-refractivity contribution in [1.82, 2.24) is 9.73 Å². The number of nitrogens with zero attached hydrogens (tertiary/aromatic N) is 2. The fourth-order valence-corrected chi connectivity index (χ4v) is 4.89. The van der Waals surface area contributed by atoms with Crippen LogP contribution in [-0.4, -0.2) is 37.6 Å². The van der Waals surface area contributed by atoms with E-state index in [0.29, 0.717) is 0 Å². The second-order valence-corrected chi connectivity index (χ2v) is 10.5. The largest absolute Gasteiger partial charge is 0.272 e. The molecule has 1 N–H and O–H groups in total. The van der Waals surface area contributed by atoms with Gasteiger partial charge >= 0.3 is 0 Å². The van der Waals surface area contributed by atoms with Crippen LogP contribution < -0.4 is 5.43 Å². The first-order valence-corrected chi connectivity index (χ1v) is 13.1. The quantitative estimate of drug-likeness (QED) is 0.250. The van der Waals surface area contributed by atoms with E-state index >= 15 is 0 Å². The van der Waals surface area contributed by atoms with Crippen molar-refractivity contribution >= 4 is 49.8 Å². The van der Waals surface area contributed by atoms with Crippen LogP contribution in [0.5, 0.6) is 0 Å². The normalized spacial score (nSPS) is 11.7. The molecule has 166 valence electrons. The van der Waals surface area contributed by atoms with Crippen molar-refractivity contribution in [2.75, 3.05) is 12.8 Å². The van der Waals surface area contributed by atoms with E-state index in [4.69, 9.17) is 0 Å². The van der Waals surface area contributed by atoms with Gasteiger partial charge in [0.1, 0.15) is 0 Å². The van der Waals surface area contributed by atoms with Crippen LogP contribution in [0.1, 0.15) is 11.1 Å². The molecule has 6 nitrogen and oxygen atoms in total. The molecule has 0 aliphatic carbocycles. The first-order valence-electron chi connectivity index (χ1n) is 9.64. The molecule has 0 atom stereocenters. The van der Waals surface area contributed by atoms with Crippen LogP contribution in [0.4, 0.5) is 0 Å². The summed E-state index contributed by atoms with van der Waals surface area (Å²) in [4.78, 5) is 13.8. The number of sulfonamides is 1. The Morgan fingerprint density at radius 2 is 1.69 bits per heavy atom. The van der Waals surface area contributed by atoms with Crippen LogP contribution in [0, 0.1) is 0 Å². The summed E-state index contributed by atoms with van der Waals surface area (Å²) in [6, 6.07) is 23.2. The molecule has 0 saturated heterocycles. The van der Waals surface area contributed by atoms with Gasteiger partial charge in [-0.15, -0.1) is 11.8 Å². The van der Waals surface area contributed by atoms with Crippen LogP contribution in [-0.2, 0) is 21.4 Å². The summed E-state index contributed by atoms with van der Waals surface area (Å²) in [6.07, 6.45) is 3.51. The highest BCUT2D eigenvalue weighted by atomic mass is 79.9. The molecule has 0 aliphatic heterocycles. The number of nitrogens with one attached hydrogen (secondary N) is 1. The summed E-state index contributed by atoms with van der Waals surface area (Å²) < 4.78 is 28.4. The van der Waals surface area contributed by atoms with Crippen LogP contribution in [0.25, 0.3) is 0 Å². The predicted octanol–water partition coefficient (Wildman–Crippen LogP) is 4.51. The Morgan fingerprint density at radius 3 is 2.31 bits per heavy atom. The highest BCUT2D eigenvalue weighted by Crippen LogP contribution is 2.20. The Balaban J connectivity index is 1.74. The Labute approximate surface area is 200 Å². The number of thioether (sulfide) groups is 1. The van der Waals surface area contributed by atoms with Gasteiger partial charge in [-0.3, -0.25) is 4.79 Å². The van der Waals surface area contributed by atoms with Gasteiger partial charge in [-0.1, -0.05) is 58.4 Å². The zero-order valence-corrected chi connectivity index (χ0v) is 20.5. The lowest BCUT2D eigenvalue weighted by molar-refractivity contribution is -0.121. The van der Waals surface area contributed by atoms with E-state index in [0.717, 1.165) is 24.8 Å². The summed E-state index contributed by atoms with van der Waals surface area (Å²) in [7, 11) is -3.90. The molecule has 0 aromatic heterocycles. The maximum Gasteiger partial charge on any atom is 0.255 e. The second kappa shape index (κ2) is 11.4. The Hall–Kier alpha value is -2.46. The third-order valence-corrected chi connectivity index (χ3v) is 7.57. The predicted molar refractivity (Wildman–Crippen MR) is 132 cm³/mol. The van der Waals surface area contributed by atoms with Gasteiger partial charge in [0.05, 0.1) is 17.7 Å². The van der Waals surface area contributed by atoms with Crippen LogP contribution in [0.2, 0.25) is 0 Å². The van der Waals surface area contributed by atoms with Crippen molar-refractivity contribution in [2.24, 2.45) is 5.10 Å². The van der Waals surface area contributed by atoms with Gasteiger partial charge in [0.2, 0.25) is 10.0 Å². The molecule has 1 amide bonds. The van der Waals surface area contributed by atoms with Crippen LogP contribution in [0.3, 0.4) is 0 Å². The Kier molecular flexibility index (Phi) is 8.63. The van der Waals surface area contributed by atoms with Crippen molar-refractivity contribution in [3.8, 4) is 0 Å². The van der Waals surface area contributed by atoms with E-state index in [1.807, 2.05) is 60.9 Å². The van der Waals surface area contributed by atoms with Gasteiger partial charge in [-0.05, 0) is 53.8 Å². The maximum absolute atomic E-state index is 13.2. The van der Waals surface area contributed by atoms with Crippen molar-refractivity contribution < 1.29 is 13.2 Å². The van der Waals surface area contributed by atoms with Gasteiger partial charge in [0.25, 0.3) is 5.91 Å². The standard InChI is InChI=1S/C23H22BrN3O3S2/c1-31-21-11-7-18(8-12-21)15-25-26-23(28)17-27(16-19-5-3-2-4-6-19)32(29,30)22-13-9-20(24)10-14-22/h2-15H,16-17H2,1H3,(H,26,28)/b25-15-. The topological polar surface area (TPSA) is 78.8 Å². The van der Waals surface area contributed by atoms with Gasteiger partial charge in [-0.25, -0.2) is 13.8 Å². The van der Waals surface area contributed by atoms with Gasteiger partial charge in [0, 0.05) is 15.9 Å². The average Bonchev–Trinajstić information content (AvgIpc) is 2.80. The number of carbonyl (C=O) groups is 1. The summed E-state index contributed by atoms with van der Waals surface area (Å²) in [5.74, 6) is -0.529. The number of hydrogen-bond donors (Lipinski definition) is 1. The minimum Gasteiger partial charge on any atom is -0.272 e. The van der Waals surface area contributed by atoms with E-state index in [-0.39, 0.29) is 18.0 Å². The van der Waals surface area contributed by atoms with Crippen LogP contribution >= 0.6 is 27.7 Å². The van der Waals surface area contributed by atoms with E-state index in [9.17, 15) is 13.2 Å². The molecule has 9 heteroatoms.